The summed E-state index contributed by atoms with van der Waals surface area (Å²) >= 11 is 0. The largest absolute Gasteiger partial charge is 0.492 e. The Bertz CT molecular complexity index is 799. The fourth-order valence-corrected chi connectivity index (χ4v) is 4.72. The lowest BCUT2D eigenvalue weighted by Gasteiger charge is -2.50. The molecule has 1 saturated heterocycles. The Balaban J connectivity index is 1.32. The maximum Gasteiger partial charge on any atom is 0.236 e. The van der Waals surface area contributed by atoms with Gasteiger partial charge in [0.05, 0.1) is 13.1 Å². The van der Waals surface area contributed by atoms with Crippen LogP contribution in [0.5, 0.6) is 5.75 Å². The van der Waals surface area contributed by atoms with E-state index >= 15 is 0 Å². The number of carbonyl (C=O) groups excluding carboxylic acids is 3. The number of hydrogen-bond acceptors (Lipinski definition) is 5. The summed E-state index contributed by atoms with van der Waals surface area (Å²) in [5, 5.41) is 2.60. The number of nitrogens with zero attached hydrogens (tertiary/aromatic N) is 2. The average molecular weight is 400 g/mol. The number of fused-ring (bicyclic) bond motifs is 2. The van der Waals surface area contributed by atoms with Gasteiger partial charge in [-0.2, -0.15) is 0 Å². The van der Waals surface area contributed by atoms with Gasteiger partial charge >= 0.3 is 0 Å². The molecule has 3 aliphatic rings. The monoisotopic (exact) mass is 400 g/mol. The minimum absolute atomic E-state index is 0.103. The molecule has 2 aliphatic heterocycles. The Hall–Kier alpha value is -2.61. The number of rotatable bonds is 5. The highest BCUT2D eigenvalue weighted by molar-refractivity contribution is 5.86. The van der Waals surface area contributed by atoms with Crippen molar-refractivity contribution < 1.29 is 19.1 Å². The molecule has 0 bridgehead atoms. The van der Waals surface area contributed by atoms with Crippen molar-refractivity contribution in [2.45, 2.75) is 19.4 Å². The summed E-state index contributed by atoms with van der Waals surface area (Å²) in [7, 11) is 0. The lowest BCUT2D eigenvalue weighted by atomic mass is 9.61. The highest BCUT2D eigenvalue weighted by Gasteiger charge is 2.48. The van der Waals surface area contributed by atoms with Crippen molar-refractivity contribution in [1.29, 1.82) is 0 Å². The first-order valence-electron chi connectivity index (χ1n) is 10.3. The van der Waals surface area contributed by atoms with Crippen molar-refractivity contribution >= 4 is 17.7 Å². The van der Waals surface area contributed by atoms with E-state index in [1.165, 1.54) is 0 Å². The normalized spacial score (nSPS) is 26.2. The summed E-state index contributed by atoms with van der Waals surface area (Å²) in [4.78, 5) is 40.1. The molecule has 2 fully saturated rings. The average Bonchev–Trinajstić information content (AvgIpc) is 2.88. The van der Waals surface area contributed by atoms with Crippen molar-refractivity contribution in [2.75, 3.05) is 39.3 Å². The van der Waals surface area contributed by atoms with Gasteiger partial charge in [-0.1, -0.05) is 18.2 Å². The van der Waals surface area contributed by atoms with E-state index in [0.717, 1.165) is 30.7 Å². The minimum atomic E-state index is -0.544. The molecule has 8 heteroatoms. The zero-order valence-corrected chi connectivity index (χ0v) is 16.5. The molecule has 3 amide bonds. The molecular weight excluding hydrogens is 372 g/mol. The molecule has 4 rings (SSSR count). The maximum atomic E-state index is 12.9. The molecule has 1 aromatic rings. The molecule has 1 aromatic carbocycles. The van der Waals surface area contributed by atoms with Crippen LogP contribution in [0, 0.1) is 17.8 Å². The predicted octanol–water partition coefficient (Wildman–Crippen LogP) is -0.0329. The van der Waals surface area contributed by atoms with E-state index in [4.69, 9.17) is 10.5 Å². The lowest BCUT2D eigenvalue weighted by Crippen LogP contribution is -2.57. The Kier molecular flexibility index (Phi) is 5.71. The summed E-state index contributed by atoms with van der Waals surface area (Å²) in [5.41, 5.74) is 6.20. The first kappa shape index (κ1) is 19.7. The van der Waals surface area contributed by atoms with Gasteiger partial charge in [0.1, 0.15) is 12.4 Å². The number of piperidine rings is 1. The number of nitrogens with one attached hydrogen (secondary N) is 1. The second-order valence-electron chi connectivity index (χ2n) is 8.25. The number of para-hydroxylation sites is 1. The fourth-order valence-electron chi connectivity index (χ4n) is 4.72. The number of carbonyl (C=O) groups is 3. The van der Waals surface area contributed by atoms with Crippen LogP contribution in [-0.2, 0) is 20.9 Å². The van der Waals surface area contributed by atoms with E-state index in [2.05, 4.69) is 10.2 Å². The molecule has 156 valence electrons. The lowest BCUT2D eigenvalue weighted by molar-refractivity contribution is -0.146. The molecule has 3 N–H and O–H groups in total. The zero-order valence-electron chi connectivity index (χ0n) is 16.5. The molecule has 0 radical (unpaired) electrons. The third-order valence-electron chi connectivity index (χ3n) is 6.40. The minimum Gasteiger partial charge on any atom is -0.492 e. The van der Waals surface area contributed by atoms with E-state index in [0.29, 0.717) is 38.7 Å². The summed E-state index contributed by atoms with van der Waals surface area (Å²) in [6, 6.07) is 7.94. The van der Waals surface area contributed by atoms with Gasteiger partial charge in [0, 0.05) is 37.7 Å². The van der Waals surface area contributed by atoms with Crippen LogP contribution in [0.4, 0.5) is 0 Å². The van der Waals surface area contributed by atoms with Crippen LogP contribution in [0.1, 0.15) is 18.4 Å². The predicted molar refractivity (Wildman–Crippen MR) is 106 cm³/mol. The smallest absolute Gasteiger partial charge is 0.236 e. The van der Waals surface area contributed by atoms with Crippen LogP contribution in [0.3, 0.4) is 0 Å². The van der Waals surface area contributed by atoms with E-state index < -0.39 is 5.91 Å². The number of amides is 3. The molecule has 1 aliphatic carbocycles. The number of nitrogens with two attached hydrogens (primary N) is 1. The molecule has 0 unspecified atom stereocenters. The third-order valence-corrected chi connectivity index (χ3v) is 6.40. The van der Waals surface area contributed by atoms with Gasteiger partial charge in [0.25, 0.3) is 0 Å². The van der Waals surface area contributed by atoms with E-state index in [-0.39, 0.29) is 30.2 Å². The van der Waals surface area contributed by atoms with Crippen LogP contribution in [0.15, 0.2) is 24.3 Å². The van der Waals surface area contributed by atoms with E-state index in [1.807, 2.05) is 29.2 Å². The van der Waals surface area contributed by atoms with Gasteiger partial charge in [-0.25, -0.2) is 0 Å². The highest BCUT2D eigenvalue weighted by atomic mass is 16.5. The zero-order chi connectivity index (χ0) is 20.4. The number of primary amides is 1. The molecule has 3 atom stereocenters. The summed E-state index contributed by atoms with van der Waals surface area (Å²) in [6.07, 6.45) is 1.76. The number of likely N-dealkylation sites (tertiary alicyclic amines) is 1. The Labute approximate surface area is 170 Å². The van der Waals surface area contributed by atoms with Gasteiger partial charge in [-0.3, -0.25) is 19.3 Å². The standard InChI is InChI=1S/C21H28N4O4/c22-19(26)10-23-21(28)16-9-14-5-6-25(12-17(14)16)20(27)13-24-7-8-29-18-4-2-1-3-15(18)11-24/h1-4,14,16-17H,5-13H2,(H2,22,26)(H,23,28)/t14-,16-,17-/m1/s1. The van der Waals surface area contributed by atoms with Crippen LogP contribution in [0.2, 0.25) is 0 Å². The van der Waals surface area contributed by atoms with E-state index in [1.54, 1.807) is 0 Å². The number of hydrogen-bond donors (Lipinski definition) is 2. The Morgan fingerprint density at radius 2 is 2.03 bits per heavy atom. The molecule has 2 heterocycles. The Morgan fingerprint density at radius 1 is 1.21 bits per heavy atom. The van der Waals surface area contributed by atoms with Crippen molar-refractivity contribution in [3.8, 4) is 5.75 Å². The summed E-state index contributed by atoms with van der Waals surface area (Å²) in [6.45, 7) is 3.55. The van der Waals surface area contributed by atoms with Crippen LogP contribution >= 0.6 is 0 Å². The van der Waals surface area contributed by atoms with Crippen molar-refractivity contribution in [2.24, 2.45) is 23.5 Å². The quantitative estimate of drug-likeness (QED) is 0.722. The second kappa shape index (κ2) is 8.41. The van der Waals surface area contributed by atoms with Crippen LogP contribution in [-0.4, -0.2) is 66.9 Å². The summed E-state index contributed by atoms with van der Waals surface area (Å²) in [5.74, 6) is 0.857. The molecule has 8 nitrogen and oxygen atoms in total. The second-order valence-corrected chi connectivity index (χ2v) is 8.25. The van der Waals surface area contributed by atoms with Gasteiger partial charge in [0.15, 0.2) is 0 Å². The fraction of sp³-hybridized carbons (Fsp3) is 0.571. The number of ether oxygens (including phenoxy) is 1. The molecule has 0 aromatic heterocycles. The molecular formula is C21H28N4O4. The van der Waals surface area contributed by atoms with Gasteiger partial charge < -0.3 is 20.7 Å². The molecule has 29 heavy (non-hydrogen) atoms. The highest BCUT2D eigenvalue weighted by Crippen LogP contribution is 2.45. The third kappa shape index (κ3) is 4.37. The topological polar surface area (TPSA) is 105 Å². The first-order valence-corrected chi connectivity index (χ1v) is 10.3. The van der Waals surface area contributed by atoms with Gasteiger partial charge in [-0.05, 0) is 30.7 Å². The van der Waals surface area contributed by atoms with E-state index in [9.17, 15) is 14.4 Å². The van der Waals surface area contributed by atoms with Crippen molar-refractivity contribution in [3.63, 3.8) is 0 Å². The van der Waals surface area contributed by atoms with Gasteiger partial charge in [0.2, 0.25) is 17.7 Å². The number of benzene rings is 1. The first-order chi connectivity index (χ1) is 14.0. The van der Waals surface area contributed by atoms with Crippen molar-refractivity contribution in [3.05, 3.63) is 29.8 Å². The van der Waals surface area contributed by atoms with Crippen LogP contribution in [0.25, 0.3) is 0 Å². The summed E-state index contributed by atoms with van der Waals surface area (Å²) < 4.78 is 5.78. The molecule has 1 saturated carbocycles. The Morgan fingerprint density at radius 3 is 2.86 bits per heavy atom. The SMILES string of the molecule is NC(=O)CNC(=O)[C@@H]1C[C@H]2CCN(C(=O)CN3CCOc4ccccc4C3)C[C@H]21. The van der Waals surface area contributed by atoms with Crippen molar-refractivity contribution in [1.82, 2.24) is 15.1 Å². The maximum absolute atomic E-state index is 12.9. The van der Waals surface area contributed by atoms with Gasteiger partial charge in [-0.15, -0.1) is 0 Å². The molecule has 0 spiro atoms. The van der Waals surface area contributed by atoms with Crippen LogP contribution < -0.4 is 15.8 Å².